The van der Waals surface area contributed by atoms with Crippen molar-refractivity contribution in [1.29, 1.82) is 0 Å². The van der Waals surface area contributed by atoms with Crippen molar-refractivity contribution >= 4 is 0 Å². The van der Waals surface area contributed by atoms with Crippen molar-refractivity contribution in [3.63, 3.8) is 0 Å². The van der Waals surface area contributed by atoms with Gasteiger partial charge in [-0.05, 0) is 39.5 Å². The summed E-state index contributed by atoms with van der Waals surface area (Å²) in [6, 6.07) is 0. The highest BCUT2D eigenvalue weighted by atomic mass is 14.1. The van der Waals surface area contributed by atoms with Crippen molar-refractivity contribution in [3.05, 3.63) is 36.0 Å². The van der Waals surface area contributed by atoms with Crippen molar-refractivity contribution in [3.8, 4) is 0 Å². The fourth-order valence-corrected chi connectivity index (χ4v) is 1.30. The molecule has 1 unspecified atom stereocenters. The van der Waals surface area contributed by atoms with Crippen LogP contribution in [-0.2, 0) is 0 Å². The maximum Gasteiger partial charge on any atom is -0.0169 e. The zero-order valence-electron chi connectivity index (χ0n) is 9.43. The van der Waals surface area contributed by atoms with Crippen molar-refractivity contribution in [2.75, 3.05) is 0 Å². The van der Waals surface area contributed by atoms with Gasteiger partial charge < -0.3 is 0 Å². The highest BCUT2D eigenvalue weighted by molar-refractivity contribution is 5.08. The lowest BCUT2D eigenvalue weighted by molar-refractivity contribution is 0.669. The van der Waals surface area contributed by atoms with Crippen LogP contribution < -0.4 is 0 Å². The molecule has 0 aliphatic carbocycles. The van der Waals surface area contributed by atoms with Crippen LogP contribution in [0.1, 0.15) is 40.5 Å². The molecule has 0 heterocycles. The molecule has 0 aromatic carbocycles. The molecule has 0 rings (SSSR count). The van der Waals surface area contributed by atoms with Gasteiger partial charge in [0.15, 0.2) is 0 Å². The summed E-state index contributed by atoms with van der Waals surface area (Å²) >= 11 is 0. The standard InChI is InChI=1S/C13H22/c1-6-8-9-11(3)10-13(5)12(4)7-2/h6-7,9,13H,1,8,10H2,2-5H3. The van der Waals surface area contributed by atoms with Crippen LogP contribution in [0.3, 0.4) is 0 Å². The van der Waals surface area contributed by atoms with E-state index in [9.17, 15) is 0 Å². The molecule has 0 nitrogen and oxygen atoms in total. The molecule has 0 aromatic heterocycles. The van der Waals surface area contributed by atoms with Crippen molar-refractivity contribution in [2.45, 2.75) is 40.5 Å². The molecule has 1 atom stereocenters. The van der Waals surface area contributed by atoms with E-state index >= 15 is 0 Å². The zero-order valence-corrected chi connectivity index (χ0v) is 9.43. The highest BCUT2D eigenvalue weighted by Gasteiger charge is 2.03. The summed E-state index contributed by atoms with van der Waals surface area (Å²) < 4.78 is 0. The summed E-state index contributed by atoms with van der Waals surface area (Å²) in [5.74, 6) is 0.672. The summed E-state index contributed by atoms with van der Waals surface area (Å²) in [4.78, 5) is 0. The van der Waals surface area contributed by atoms with Gasteiger partial charge in [-0.15, -0.1) is 6.58 Å². The van der Waals surface area contributed by atoms with Gasteiger partial charge in [0.25, 0.3) is 0 Å². The summed E-state index contributed by atoms with van der Waals surface area (Å²) in [6.07, 6.45) is 8.56. The van der Waals surface area contributed by atoms with E-state index in [2.05, 4.69) is 46.4 Å². The maximum atomic E-state index is 3.71. The van der Waals surface area contributed by atoms with E-state index in [1.807, 2.05) is 6.08 Å². The van der Waals surface area contributed by atoms with E-state index in [0.29, 0.717) is 5.92 Å². The minimum atomic E-state index is 0.672. The Kier molecular flexibility index (Phi) is 6.30. The second-order valence-corrected chi connectivity index (χ2v) is 3.71. The van der Waals surface area contributed by atoms with Crippen molar-refractivity contribution in [2.24, 2.45) is 5.92 Å². The molecule has 0 amide bonds. The molecule has 0 saturated carbocycles. The lowest BCUT2D eigenvalue weighted by Gasteiger charge is -2.11. The van der Waals surface area contributed by atoms with Gasteiger partial charge in [0.05, 0.1) is 0 Å². The normalized spacial score (nSPS) is 15.7. The number of allylic oxidation sites excluding steroid dienone is 5. The Hall–Kier alpha value is -0.780. The van der Waals surface area contributed by atoms with Gasteiger partial charge in [-0.25, -0.2) is 0 Å². The van der Waals surface area contributed by atoms with Gasteiger partial charge in [0.1, 0.15) is 0 Å². The van der Waals surface area contributed by atoms with Crippen LogP contribution in [0, 0.1) is 5.92 Å². The predicted octanol–water partition coefficient (Wildman–Crippen LogP) is 4.50. The first-order chi connectivity index (χ1) is 6.11. The quantitative estimate of drug-likeness (QED) is 0.544. The maximum absolute atomic E-state index is 3.71. The number of hydrogen-bond donors (Lipinski definition) is 0. The smallest absolute Gasteiger partial charge is 0.0169 e. The topological polar surface area (TPSA) is 0 Å². The number of rotatable bonds is 5. The van der Waals surface area contributed by atoms with E-state index in [1.165, 1.54) is 17.6 Å². The first kappa shape index (κ1) is 12.2. The SMILES string of the molecule is C=CCC=C(C)CC(C)C(C)=CC. The van der Waals surface area contributed by atoms with Gasteiger partial charge >= 0.3 is 0 Å². The Morgan fingerprint density at radius 3 is 2.46 bits per heavy atom. The molecule has 0 aliphatic rings. The van der Waals surface area contributed by atoms with Crippen LogP contribution in [0.2, 0.25) is 0 Å². The predicted molar refractivity (Wildman–Crippen MR) is 61.8 cm³/mol. The molecular weight excluding hydrogens is 156 g/mol. The lowest BCUT2D eigenvalue weighted by atomic mass is 9.94. The summed E-state index contributed by atoms with van der Waals surface area (Å²) in [6.45, 7) is 12.5. The van der Waals surface area contributed by atoms with E-state index in [1.54, 1.807) is 0 Å². The molecule has 0 fully saturated rings. The Balaban J connectivity index is 4.04. The summed E-state index contributed by atoms with van der Waals surface area (Å²) in [7, 11) is 0. The van der Waals surface area contributed by atoms with Crippen molar-refractivity contribution < 1.29 is 0 Å². The minimum absolute atomic E-state index is 0.672. The van der Waals surface area contributed by atoms with E-state index < -0.39 is 0 Å². The number of hydrogen-bond acceptors (Lipinski definition) is 0. The molecule has 13 heavy (non-hydrogen) atoms. The van der Waals surface area contributed by atoms with Crippen LogP contribution in [0.15, 0.2) is 36.0 Å². The molecule has 74 valence electrons. The lowest BCUT2D eigenvalue weighted by Crippen LogP contribution is -1.96. The third-order valence-electron chi connectivity index (χ3n) is 2.49. The fourth-order valence-electron chi connectivity index (χ4n) is 1.30. The molecule has 0 aliphatic heterocycles. The van der Waals surface area contributed by atoms with Gasteiger partial charge in [-0.2, -0.15) is 0 Å². The molecule has 0 heteroatoms. The Morgan fingerprint density at radius 2 is 2.00 bits per heavy atom. The highest BCUT2D eigenvalue weighted by Crippen LogP contribution is 2.18. The third-order valence-corrected chi connectivity index (χ3v) is 2.49. The second-order valence-electron chi connectivity index (χ2n) is 3.71. The zero-order chi connectivity index (χ0) is 10.3. The molecule has 0 spiro atoms. The average molecular weight is 178 g/mol. The minimum Gasteiger partial charge on any atom is -0.103 e. The first-order valence-electron chi connectivity index (χ1n) is 5.01. The molecular formula is C13H22. The van der Waals surface area contributed by atoms with Crippen LogP contribution in [0.25, 0.3) is 0 Å². The Labute approximate surface area is 83.0 Å². The van der Waals surface area contributed by atoms with Gasteiger partial charge in [-0.1, -0.05) is 36.3 Å². The molecule has 0 bridgehead atoms. The Morgan fingerprint density at radius 1 is 1.38 bits per heavy atom. The van der Waals surface area contributed by atoms with Crippen LogP contribution >= 0.6 is 0 Å². The van der Waals surface area contributed by atoms with Gasteiger partial charge in [0.2, 0.25) is 0 Å². The van der Waals surface area contributed by atoms with Crippen LogP contribution in [-0.4, -0.2) is 0 Å². The van der Waals surface area contributed by atoms with E-state index in [-0.39, 0.29) is 0 Å². The summed E-state index contributed by atoms with van der Waals surface area (Å²) in [5, 5.41) is 0. The third kappa shape index (κ3) is 5.46. The monoisotopic (exact) mass is 178 g/mol. The van der Waals surface area contributed by atoms with E-state index in [4.69, 9.17) is 0 Å². The largest absolute Gasteiger partial charge is 0.103 e. The second kappa shape index (κ2) is 6.71. The Bertz CT molecular complexity index is 206. The van der Waals surface area contributed by atoms with E-state index in [0.717, 1.165) is 6.42 Å². The average Bonchev–Trinajstić information content (AvgIpc) is 2.13. The first-order valence-corrected chi connectivity index (χ1v) is 5.01. The fraction of sp³-hybridized carbons (Fsp3) is 0.538. The van der Waals surface area contributed by atoms with Gasteiger partial charge in [0, 0.05) is 0 Å². The molecule has 0 aromatic rings. The van der Waals surface area contributed by atoms with Crippen molar-refractivity contribution in [1.82, 2.24) is 0 Å². The van der Waals surface area contributed by atoms with Crippen LogP contribution in [0.4, 0.5) is 0 Å². The van der Waals surface area contributed by atoms with Crippen LogP contribution in [0.5, 0.6) is 0 Å². The summed E-state index contributed by atoms with van der Waals surface area (Å²) in [5.41, 5.74) is 2.94. The molecule has 0 N–H and O–H groups in total. The molecule has 0 radical (unpaired) electrons. The molecule has 0 saturated heterocycles. The van der Waals surface area contributed by atoms with Gasteiger partial charge in [-0.3, -0.25) is 0 Å².